The van der Waals surface area contributed by atoms with E-state index in [0.29, 0.717) is 18.0 Å². The summed E-state index contributed by atoms with van der Waals surface area (Å²) in [5.74, 6) is 0.714. The number of benzene rings is 1. The summed E-state index contributed by atoms with van der Waals surface area (Å²) in [6.45, 7) is 2.54. The first-order valence-electron chi connectivity index (χ1n) is 5.23. The fraction of sp³-hybridized carbons (Fsp3) is 0.250. The lowest BCUT2D eigenvalue weighted by atomic mass is 10.1. The molecule has 0 atom stereocenters. The third-order valence-electron chi connectivity index (χ3n) is 2.32. The first-order valence-corrected chi connectivity index (χ1v) is 5.23. The second kappa shape index (κ2) is 4.26. The van der Waals surface area contributed by atoms with Crippen molar-refractivity contribution >= 4 is 5.69 Å². The molecular weight excluding hydrogens is 202 g/mol. The van der Waals surface area contributed by atoms with Crippen LogP contribution in [0.3, 0.4) is 0 Å². The molecular formula is C12H15N3O. The van der Waals surface area contributed by atoms with Gasteiger partial charge in [-0.1, -0.05) is 6.07 Å². The Morgan fingerprint density at radius 1 is 1.38 bits per heavy atom. The van der Waals surface area contributed by atoms with Crippen LogP contribution < -0.4 is 10.5 Å². The van der Waals surface area contributed by atoms with Crippen molar-refractivity contribution in [3.63, 3.8) is 0 Å². The molecule has 2 aromatic rings. The van der Waals surface area contributed by atoms with Crippen LogP contribution in [0, 0.1) is 0 Å². The number of ether oxygens (including phenoxy) is 1. The van der Waals surface area contributed by atoms with Gasteiger partial charge in [-0.15, -0.1) is 0 Å². The second-order valence-electron chi connectivity index (χ2n) is 3.56. The van der Waals surface area contributed by atoms with Crippen molar-refractivity contribution in [1.29, 1.82) is 0 Å². The molecule has 1 aromatic carbocycles. The second-order valence-corrected chi connectivity index (χ2v) is 3.56. The number of aromatic nitrogens is 2. The van der Waals surface area contributed by atoms with E-state index in [1.54, 1.807) is 4.68 Å². The summed E-state index contributed by atoms with van der Waals surface area (Å²) in [6.07, 6.45) is 1.91. The number of anilines is 1. The highest BCUT2D eigenvalue weighted by Crippen LogP contribution is 2.27. The Morgan fingerprint density at radius 2 is 2.19 bits per heavy atom. The minimum atomic E-state index is 0.607. The SMILES string of the molecule is CCOc1cc(-c2ccn(C)n2)ccc1N. The molecule has 0 unspecified atom stereocenters. The molecule has 0 amide bonds. The quantitative estimate of drug-likeness (QED) is 0.801. The zero-order chi connectivity index (χ0) is 11.5. The maximum absolute atomic E-state index is 5.81. The fourth-order valence-electron chi connectivity index (χ4n) is 1.54. The molecule has 1 heterocycles. The van der Waals surface area contributed by atoms with Gasteiger partial charge >= 0.3 is 0 Å². The molecule has 16 heavy (non-hydrogen) atoms. The highest BCUT2D eigenvalue weighted by molar-refractivity contribution is 5.67. The molecule has 0 aliphatic carbocycles. The number of nitrogen functional groups attached to an aromatic ring is 1. The average molecular weight is 217 g/mol. The van der Waals surface area contributed by atoms with E-state index >= 15 is 0 Å². The van der Waals surface area contributed by atoms with E-state index in [4.69, 9.17) is 10.5 Å². The Kier molecular flexibility index (Phi) is 2.81. The summed E-state index contributed by atoms with van der Waals surface area (Å²) in [4.78, 5) is 0. The van der Waals surface area contributed by atoms with E-state index in [1.807, 2.05) is 44.4 Å². The number of nitrogens with zero attached hydrogens (tertiary/aromatic N) is 2. The van der Waals surface area contributed by atoms with E-state index in [9.17, 15) is 0 Å². The van der Waals surface area contributed by atoms with Crippen molar-refractivity contribution in [2.75, 3.05) is 12.3 Å². The first kappa shape index (κ1) is 10.5. The van der Waals surface area contributed by atoms with E-state index in [-0.39, 0.29) is 0 Å². The Balaban J connectivity index is 2.39. The zero-order valence-corrected chi connectivity index (χ0v) is 9.47. The maximum Gasteiger partial charge on any atom is 0.142 e. The number of nitrogens with two attached hydrogens (primary N) is 1. The summed E-state index contributed by atoms with van der Waals surface area (Å²) in [6, 6.07) is 7.66. The normalized spacial score (nSPS) is 10.4. The van der Waals surface area contributed by atoms with Crippen LogP contribution >= 0.6 is 0 Å². The van der Waals surface area contributed by atoms with Gasteiger partial charge in [0.1, 0.15) is 5.75 Å². The van der Waals surface area contributed by atoms with E-state index in [2.05, 4.69) is 5.10 Å². The van der Waals surface area contributed by atoms with Crippen LogP contribution in [0.25, 0.3) is 11.3 Å². The first-order chi connectivity index (χ1) is 7.70. The Labute approximate surface area is 94.6 Å². The van der Waals surface area contributed by atoms with Gasteiger partial charge in [0.2, 0.25) is 0 Å². The van der Waals surface area contributed by atoms with Gasteiger partial charge in [-0.25, -0.2) is 0 Å². The molecule has 0 spiro atoms. The third-order valence-corrected chi connectivity index (χ3v) is 2.32. The Bertz CT molecular complexity index is 491. The maximum atomic E-state index is 5.81. The van der Waals surface area contributed by atoms with Crippen molar-refractivity contribution in [2.45, 2.75) is 6.92 Å². The molecule has 84 valence electrons. The summed E-state index contributed by atoms with van der Waals surface area (Å²) < 4.78 is 7.22. The minimum Gasteiger partial charge on any atom is -0.492 e. The van der Waals surface area contributed by atoms with Crippen molar-refractivity contribution in [3.05, 3.63) is 30.5 Å². The van der Waals surface area contributed by atoms with Crippen LogP contribution in [0.2, 0.25) is 0 Å². The molecule has 2 N–H and O–H groups in total. The molecule has 0 aliphatic rings. The van der Waals surface area contributed by atoms with E-state index < -0.39 is 0 Å². The molecule has 0 fully saturated rings. The van der Waals surface area contributed by atoms with Gasteiger partial charge in [0.05, 0.1) is 18.0 Å². The zero-order valence-electron chi connectivity index (χ0n) is 9.47. The van der Waals surface area contributed by atoms with Crippen LogP contribution in [0.5, 0.6) is 5.75 Å². The molecule has 0 aliphatic heterocycles. The van der Waals surface area contributed by atoms with Gasteiger partial charge in [-0.05, 0) is 25.1 Å². The van der Waals surface area contributed by atoms with Crippen molar-refractivity contribution in [2.24, 2.45) is 7.05 Å². The van der Waals surface area contributed by atoms with Gasteiger partial charge in [0, 0.05) is 18.8 Å². The largest absolute Gasteiger partial charge is 0.492 e. The topological polar surface area (TPSA) is 53.1 Å². The van der Waals surface area contributed by atoms with Gasteiger partial charge in [-0.3, -0.25) is 4.68 Å². The number of hydrogen-bond donors (Lipinski definition) is 1. The van der Waals surface area contributed by atoms with Crippen LogP contribution in [-0.2, 0) is 7.05 Å². The van der Waals surface area contributed by atoms with Gasteiger partial charge in [-0.2, -0.15) is 5.10 Å². The molecule has 1 aromatic heterocycles. The molecule has 4 nitrogen and oxygen atoms in total. The smallest absolute Gasteiger partial charge is 0.142 e. The van der Waals surface area contributed by atoms with Crippen molar-refractivity contribution < 1.29 is 4.74 Å². The molecule has 0 radical (unpaired) electrons. The van der Waals surface area contributed by atoms with Crippen LogP contribution in [0.4, 0.5) is 5.69 Å². The predicted octanol–water partition coefficient (Wildman–Crippen LogP) is 2.07. The number of aryl methyl sites for hydroxylation is 1. The molecule has 0 saturated carbocycles. The van der Waals surface area contributed by atoms with Crippen molar-refractivity contribution in [3.8, 4) is 17.0 Å². The third kappa shape index (κ3) is 2.00. The standard InChI is InChI=1S/C12H15N3O/c1-3-16-12-8-9(4-5-10(12)13)11-6-7-15(2)14-11/h4-8H,3,13H2,1-2H3. The Hall–Kier alpha value is -1.97. The summed E-state index contributed by atoms with van der Waals surface area (Å²) in [5, 5.41) is 4.33. The average Bonchev–Trinajstić information content (AvgIpc) is 2.69. The highest BCUT2D eigenvalue weighted by atomic mass is 16.5. The van der Waals surface area contributed by atoms with Gasteiger partial charge in [0.25, 0.3) is 0 Å². The summed E-state index contributed by atoms with van der Waals surface area (Å²) in [7, 11) is 1.89. The lowest BCUT2D eigenvalue weighted by Crippen LogP contribution is -1.97. The number of rotatable bonds is 3. The fourth-order valence-corrected chi connectivity index (χ4v) is 1.54. The Morgan fingerprint density at radius 3 is 2.81 bits per heavy atom. The summed E-state index contributed by atoms with van der Waals surface area (Å²) in [5.41, 5.74) is 8.39. The predicted molar refractivity (Wildman–Crippen MR) is 64.2 cm³/mol. The lowest BCUT2D eigenvalue weighted by molar-refractivity contribution is 0.342. The number of hydrogen-bond acceptors (Lipinski definition) is 3. The summed E-state index contributed by atoms with van der Waals surface area (Å²) >= 11 is 0. The highest BCUT2D eigenvalue weighted by Gasteiger charge is 2.05. The van der Waals surface area contributed by atoms with Crippen LogP contribution in [0.1, 0.15) is 6.92 Å². The van der Waals surface area contributed by atoms with Crippen molar-refractivity contribution in [1.82, 2.24) is 9.78 Å². The molecule has 4 heteroatoms. The molecule has 2 rings (SSSR count). The van der Waals surface area contributed by atoms with Crippen LogP contribution in [0.15, 0.2) is 30.5 Å². The minimum absolute atomic E-state index is 0.607. The van der Waals surface area contributed by atoms with Gasteiger partial charge in [0.15, 0.2) is 0 Å². The van der Waals surface area contributed by atoms with Gasteiger partial charge < -0.3 is 10.5 Å². The lowest BCUT2D eigenvalue weighted by Gasteiger charge is -2.07. The molecule has 0 bridgehead atoms. The van der Waals surface area contributed by atoms with Crippen LogP contribution in [-0.4, -0.2) is 16.4 Å². The van der Waals surface area contributed by atoms with E-state index in [0.717, 1.165) is 11.3 Å². The molecule has 0 saturated heterocycles. The monoisotopic (exact) mass is 217 g/mol. The van der Waals surface area contributed by atoms with E-state index in [1.165, 1.54) is 0 Å².